The molecule has 0 radical (unpaired) electrons. The van der Waals surface area contributed by atoms with Crippen LogP contribution in [0.1, 0.15) is 44.7 Å². The van der Waals surface area contributed by atoms with Crippen LogP contribution in [0.25, 0.3) is 22.4 Å². The molecule has 5 heterocycles. The van der Waals surface area contributed by atoms with Gasteiger partial charge in [0.15, 0.2) is 0 Å². The number of rotatable bonds is 5. The molecule has 9 nitrogen and oxygen atoms in total. The highest BCUT2D eigenvalue weighted by Crippen LogP contribution is 2.61. The normalized spacial score (nSPS) is 24.0. The Labute approximate surface area is 237 Å². The van der Waals surface area contributed by atoms with Crippen LogP contribution in [-0.4, -0.2) is 52.0 Å². The van der Waals surface area contributed by atoms with Gasteiger partial charge in [-0.2, -0.15) is 0 Å². The van der Waals surface area contributed by atoms with Gasteiger partial charge < -0.3 is 9.15 Å². The average molecular weight is 558 g/mol. The fourth-order valence-electron chi connectivity index (χ4n) is 6.07. The van der Waals surface area contributed by atoms with Gasteiger partial charge in [0, 0.05) is 49.1 Å². The smallest absolute Gasteiger partial charge is 0.328 e. The first kappa shape index (κ1) is 27.0. The van der Waals surface area contributed by atoms with Gasteiger partial charge in [0.1, 0.15) is 23.3 Å². The molecule has 7 rings (SSSR count). The van der Waals surface area contributed by atoms with Crippen molar-refractivity contribution in [2.75, 3.05) is 24.5 Å². The van der Waals surface area contributed by atoms with E-state index in [2.05, 4.69) is 32.3 Å². The fourth-order valence-corrected chi connectivity index (χ4v) is 6.07. The lowest BCUT2D eigenvalue weighted by molar-refractivity contribution is -0.120. The minimum absolute atomic E-state index is 0.184. The zero-order chi connectivity index (χ0) is 28.8. The van der Waals surface area contributed by atoms with E-state index >= 15 is 4.39 Å². The first-order valence-corrected chi connectivity index (χ1v) is 14.0. The van der Waals surface area contributed by atoms with Gasteiger partial charge in [-0.05, 0) is 43.2 Å². The van der Waals surface area contributed by atoms with Crippen LogP contribution in [0.4, 0.5) is 14.9 Å². The maximum atomic E-state index is 16.1. The number of hydrogen-bond acceptors (Lipinski definition) is 7. The number of epoxide rings is 1. The number of ether oxygens (including phenoxy) is 1. The van der Waals surface area contributed by atoms with E-state index in [1.807, 2.05) is 32.9 Å². The third-order valence-corrected chi connectivity index (χ3v) is 8.14. The summed E-state index contributed by atoms with van der Waals surface area (Å²) in [7, 11) is 0. The van der Waals surface area contributed by atoms with Gasteiger partial charge in [0.25, 0.3) is 0 Å². The number of urea groups is 1. The summed E-state index contributed by atoms with van der Waals surface area (Å²) in [6.07, 6.45) is 5.56. The molecule has 3 amide bonds. The van der Waals surface area contributed by atoms with Crippen molar-refractivity contribution in [1.29, 1.82) is 0 Å². The largest absolute Gasteiger partial charge is 0.445 e. The number of aromatic nitrogens is 2. The first-order valence-electron chi connectivity index (χ1n) is 14.0. The number of imide groups is 1. The second kappa shape index (κ2) is 10.4. The van der Waals surface area contributed by atoms with E-state index in [1.54, 1.807) is 30.7 Å². The summed E-state index contributed by atoms with van der Waals surface area (Å²) in [5.41, 5.74) is 2.34. The van der Waals surface area contributed by atoms with E-state index in [0.29, 0.717) is 41.0 Å². The van der Waals surface area contributed by atoms with Gasteiger partial charge in [-0.1, -0.05) is 32.0 Å². The Hall–Kier alpha value is -4.15. The maximum absolute atomic E-state index is 16.1. The minimum Gasteiger partial charge on any atom is -0.445 e. The summed E-state index contributed by atoms with van der Waals surface area (Å²) in [6.45, 7) is 8.46. The van der Waals surface area contributed by atoms with Crippen molar-refractivity contribution >= 4 is 28.5 Å². The lowest BCUT2D eigenvalue weighted by Gasteiger charge is -2.33. The van der Waals surface area contributed by atoms with Gasteiger partial charge in [-0.25, -0.2) is 14.2 Å². The Kier molecular flexibility index (Phi) is 6.83. The van der Waals surface area contributed by atoms with Crippen LogP contribution >= 0.6 is 0 Å². The molecule has 0 bridgehead atoms. The third-order valence-electron chi connectivity index (χ3n) is 8.14. The molecule has 2 atom stereocenters. The number of halogens is 1. The van der Waals surface area contributed by atoms with Gasteiger partial charge >= 0.3 is 6.03 Å². The van der Waals surface area contributed by atoms with E-state index in [0.717, 1.165) is 18.7 Å². The average Bonchev–Trinajstić information content (AvgIpc) is 3.28. The second-order valence-corrected chi connectivity index (χ2v) is 10.6. The molecule has 212 valence electrons. The summed E-state index contributed by atoms with van der Waals surface area (Å²) >= 11 is 0. The number of hydrogen-bond donors (Lipinski definition) is 1. The van der Waals surface area contributed by atoms with Gasteiger partial charge in [0.05, 0.1) is 23.6 Å². The molecule has 0 saturated carbocycles. The van der Waals surface area contributed by atoms with E-state index < -0.39 is 17.2 Å². The molecule has 41 heavy (non-hydrogen) atoms. The molecule has 2 aromatic heterocycles. The van der Waals surface area contributed by atoms with Crippen molar-refractivity contribution in [3.63, 3.8) is 0 Å². The monoisotopic (exact) mass is 557 g/mol. The third kappa shape index (κ3) is 4.66. The predicted molar refractivity (Wildman–Crippen MR) is 152 cm³/mol. The molecule has 1 N–H and O–H groups in total. The quantitative estimate of drug-likeness (QED) is 0.328. The van der Waals surface area contributed by atoms with E-state index in [1.165, 1.54) is 16.7 Å². The summed E-state index contributed by atoms with van der Waals surface area (Å²) < 4.78 is 27.8. The van der Waals surface area contributed by atoms with Crippen LogP contribution in [0, 0.1) is 5.82 Å². The SMILES string of the molecule is CC.CC12CN(Cc3ccc(-c4ncco4)cc3)CCC1(c1ccc3ncc(N4CCC(=O)NC4=O)cc3c1F)O2. The van der Waals surface area contributed by atoms with Crippen molar-refractivity contribution in [3.05, 3.63) is 78.1 Å². The van der Waals surface area contributed by atoms with Gasteiger partial charge in [-0.15, -0.1) is 0 Å². The number of carbonyl (C=O) groups is 2. The van der Waals surface area contributed by atoms with Crippen molar-refractivity contribution in [2.24, 2.45) is 0 Å². The summed E-state index contributed by atoms with van der Waals surface area (Å²) in [5, 5.41) is 2.63. The molecule has 3 saturated heterocycles. The molecule has 2 unspecified atom stereocenters. The predicted octanol–water partition coefficient (Wildman–Crippen LogP) is 5.39. The standard InChI is InChI=1S/C29H26FN5O4.C2H6/c1-28-17-34(16-18-2-4-19(5-3-18)26-31-10-13-38-26)12-9-29(28,39-28)22-6-7-23-21(25(22)30)14-20(15-32-23)35-11-8-24(36)33-27(35)37;1-2/h2-7,10,13-15H,8-9,11-12,16-17H2,1H3,(H,33,36,37);1-2H3. The number of nitrogens with zero attached hydrogens (tertiary/aromatic N) is 4. The molecule has 2 aromatic carbocycles. The Bertz CT molecular complexity index is 1610. The summed E-state index contributed by atoms with van der Waals surface area (Å²) in [6, 6.07) is 12.8. The van der Waals surface area contributed by atoms with Crippen LogP contribution in [-0.2, 0) is 21.7 Å². The van der Waals surface area contributed by atoms with Gasteiger partial charge in [-0.3, -0.25) is 24.9 Å². The minimum atomic E-state index is -0.707. The molecule has 3 aliphatic rings. The second-order valence-electron chi connectivity index (χ2n) is 10.6. The number of nitrogens with one attached hydrogen (secondary N) is 1. The number of carbonyl (C=O) groups excluding carboxylic acids is 2. The number of anilines is 1. The Morgan fingerprint density at radius 3 is 2.59 bits per heavy atom. The molecule has 4 aromatic rings. The maximum Gasteiger partial charge on any atom is 0.328 e. The van der Waals surface area contributed by atoms with Crippen molar-refractivity contribution in [1.82, 2.24) is 20.2 Å². The van der Waals surface area contributed by atoms with Crippen LogP contribution in [0.15, 0.2) is 65.5 Å². The Morgan fingerprint density at radius 1 is 1.07 bits per heavy atom. The molecular weight excluding hydrogens is 525 g/mol. The lowest BCUT2D eigenvalue weighted by Crippen LogP contribution is -2.49. The highest BCUT2D eigenvalue weighted by molar-refractivity contribution is 6.06. The van der Waals surface area contributed by atoms with E-state index in [-0.39, 0.29) is 24.7 Å². The number of likely N-dealkylation sites (tertiary alicyclic amines) is 1. The lowest BCUT2D eigenvalue weighted by atomic mass is 9.80. The van der Waals surface area contributed by atoms with Crippen LogP contribution in [0.5, 0.6) is 0 Å². The van der Waals surface area contributed by atoms with Crippen molar-refractivity contribution in [3.8, 4) is 11.5 Å². The van der Waals surface area contributed by atoms with Crippen LogP contribution < -0.4 is 10.2 Å². The molecule has 3 aliphatic heterocycles. The summed E-state index contributed by atoms with van der Waals surface area (Å²) in [4.78, 5) is 36.2. The topological polar surface area (TPSA) is 104 Å². The van der Waals surface area contributed by atoms with E-state index in [9.17, 15) is 9.59 Å². The highest BCUT2D eigenvalue weighted by Gasteiger charge is 2.70. The van der Waals surface area contributed by atoms with Crippen molar-refractivity contribution < 1.29 is 23.1 Å². The number of piperidine rings is 1. The van der Waals surface area contributed by atoms with Crippen LogP contribution in [0.2, 0.25) is 0 Å². The zero-order valence-corrected chi connectivity index (χ0v) is 23.3. The van der Waals surface area contributed by atoms with Gasteiger partial charge in [0.2, 0.25) is 11.8 Å². The molecular formula is C31H32FN5O4. The summed E-state index contributed by atoms with van der Waals surface area (Å²) in [5.74, 6) is -0.107. The number of pyridine rings is 1. The van der Waals surface area contributed by atoms with Crippen molar-refractivity contribution in [2.45, 2.75) is 51.4 Å². The molecule has 3 fully saturated rings. The number of benzene rings is 2. The highest BCUT2D eigenvalue weighted by atomic mass is 19.1. The van der Waals surface area contributed by atoms with E-state index in [4.69, 9.17) is 9.15 Å². The first-order chi connectivity index (χ1) is 19.8. The number of fused-ring (bicyclic) bond motifs is 2. The fraction of sp³-hybridized carbons (Fsp3) is 0.355. The Balaban J connectivity index is 0.00000148. The molecule has 0 aliphatic carbocycles. The number of amides is 3. The van der Waals surface area contributed by atoms with Crippen LogP contribution in [0.3, 0.4) is 0 Å². The number of oxazole rings is 1. The molecule has 10 heteroatoms. The Morgan fingerprint density at radius 2 is 1.88 bits per heavy atom. The molecule has 0 spiro atoms. The zero-order valence-electron chi connectivity index (χ0n) is 23.3.